The first-order valence-corrected chi connectivity index (χ1v) is 10.0. The van der Waals surface area contributed by atoms with Crippen molar-refractivity contribution in [3.8, 4) is 0 Å². The van der Waals surface area contributed by atoms with Gasteiger partial charge >= 0.3 is 0 Å². The number of pyridine rings is 2. The average molecular weight is 468 g/mol. The Hall–Kier alpha value is -0.860. The number of nitrogens with zero attached hydrogens (tertiary/aromatic N) is 2. The molecule has 0 aliphatic rings. The Morgan fingerprint density at radius 2 is 0.926 bits per heavy atom. The largest absolute Gasteiger partial charge is 0.274 e. The Morgan fingerprint density at radius 1 is 0.630 bits per heavy atom. The highest BCUT2D eigenvalue weighted by atomic mass is 35.7. The first-order chi connectivity index (χ1) is 12.3. The van der Waals surface area contributed by atoms with Gasteiger partial charge in [0, 0.05) is 24.3 Å². The quantitative estimate of drug-likeness (QED) is 0.312. The van der Waals surface area contributed by atoms with Crippen LogP contribution >= 0.6 is 23.2 Å². The summed E-state index contributed by atoms with van der Waals surface area (Å²) in [5, 5.41) is 1.52. The average Bonchev–Trinajstić information content (AvgIpc) is 2.48. The van der Waals surface area contributed by atoms with E-state index < -0.39 is 20.5 Å². The van der Waals surface area contributed by atoms with Crippen molar-refractivity contribution >= 4 is 23.2 Å². The maximum atomic E-state index is 8.49. The van der Waals surface area contributed by atoms with Crippen LogP contribution in [0, 0.1) is 20.5 Å². The van der Waals surface area contributed by atoms with E-state index in [1.165, 1.54) is 0 Å². The number of aryl methyl sites for hydroxylation is 2. The molecule has 2 rings (SSSR count). The zero-order valence-corrected chi connectivity index (χ0v) is 16.4. The fourth-order valence-corrected chi connectivity index (χ4v) is 2.11. The standard InChI is InChI=1S/C13H14Cl2N2.2ClHO4/c14-12-6-1-3-8-16(12)10-5-11-17-9-4-2-7-13(17)15;2*2-1(3,4)5/h1-4,6-9H,5,10-11H2;2*(H,2,3,4,5)/q+2;;/p-2. The zero-order valence-electron chi connectivity index (χ0n) is 13.4. The van der Waals surface area contributed by atoms with Crippen molar-refractivity contribution in [1.82, 2.24) is 0 Å². The molecule has 0 spiro atoms. The zero-order chi connectivity index (χ0) is 21.1. The Kier molecular flexibility index (Phi) is 12.2. The molecule has 10 nitrogen and oxygen atoms in total. The summed E-state index contributed by atoms with van der Waals surface area (Å²) < 4.78 is 72.0. The van der Waals surface area contributed by atoms with E-state index in [9.17, 15) is 0 Å². The summed E-state index contributed by atoms with van der Waals surface area (Å²) in [5.41, 5.74) is 0. The van der Waals surface area contributed by atoms with E-state index in [2.05, 4.69) is 0 Å². The molecule has 14 heteroatoms. The van der Waals surface area contributed by atoms with E-state index in [0.29, 0.717) is 0 Å². The van der Waals surface area contributed by atoms with Crippen LogP contribution in [-0.2, 0) is 13.1 Å². The summed E-state index contributed by atoms with van der Waals surface area (Å²) >= 11 is 12.1. The topological polar surface area (TPSA) is 192 Å². The minimum atomic E-state index is -4.94. The van der Waals surface area contributed by atoms with Crippen LogP contribution < -0.4 is 46.4 Å². The SMILES string of the molecule is Clc1cccc[n+]1CCC[n+]1ccccc1Cl.[O-][Cl+3]([O-])([O-])[O-].[O-][Cl+3]([O-])([O-])[O-]. The summed E-state index contributed by atoms with van der Waals surface area (Å²) in [6.07, 6.45) is 4.96. The van der Waals surface area contributed by atoms with Crippen LogP contribution in [0.25, 0.3) is 0 Å². The van der Waals surface area contributed by atoms with Gasteiger partial charge in [0.25, 0.3) is 10.3 Å². The molecule has 0 aliphatic heterocycles. The van der Waals surface area contributed by atoms with E-state index in [1.807, 2.05) is 57.9 Å². The number of rotatable bonds is 4. The van der Waals surface area contributed by atoms with E-state index in [0.717, 1.165) is 29.8 Å². The summed E-state index contributed by atoms with van der Waals surface area (Å²) in [4.78, 5) is 0. The van der Waals surface area contributed by atoms with E-state index in [-0.39, 0.29) is 0 Å². The summed E-state index contributed by atoms with van der Waals surface area (Å²) in [6.45, 7) is 1.77. The first-order valence-electron chi connectivity index (χ1n) is 6.79. The molecule has 0 N–H and O–H groups in total. The lowest BCUT2D eigenvalue weighted by atomic mass is 10.3. The van der Waals surface area contributed by atoms with Crippen molar-refractivity contribution in [2.45, 2.75) is 19.5 Å². The Bertz CT molecular complexity index is 612. The molecule has 0 unspecified atom stereocenters. The smallest absolute Gasteiger partial charge is 0.222 e. The highest BCUT2D eigenvalue weighted by Gasteiger charge is 2.10. The molecule has 0 radical (unpaired) electrons. The molecule has 0 fully saturated rings. The maximum absolute atomic E-state index is 8.49. The van der Waals surface area contributed by atoms with Gasteiger partial charge in [-0.15, -0.1) is 20.5 Å². The Labute approximate surface area is 168 Å². The van der Waals surface area contributed by atoms with E-state index in [1.54, 1.807) is 0 Å². The predicted molar refractivity (Wildman–Crippen MR) is 67.9 cm³/mol. The van der Waals surface area contributed by atoms with E-state index in [4.69, 9.17) is 60.5 Å². The summed E-state index contributed by atoms with van der Waals surface area (Å²) in [6, 6.07) is 11.6. The molecule has 2 aromatic rings. The molecular formula is C13H14Cl4N2O8. The molecule has 27 heavy (non-hydrogen) atoms. The minimum Gasteiger partial charge on any atom is -0.222 e. The van der Waals surface area contributed by atoms with Crippen LogP contribution in [0.2, 0.25) is 10.3 Å². The minimum absolute atomic E-state index is 0.761. The lowest BCUT2D eigenvalue weighted by molar-refractivity contribution is -2.00. The molecule has 2 heterocycles. The fraction of sp³-hybridized carbons (Fsp3) is 0.231. The molecule has 0 amide bonds. The van der Waals surface area contributed by atoms with Crippen molar-refractivity contribution in [2.75, 3.05) is 0 Å². The summed E-state index contributed by atoms with van der Waals surface area (Å²) in [7, 11) is -9.89. The molecule has 0 aromatic carbocycles. The highest BCUT2D eigenvalue weighted by Crippen LogP contribution is 2.01. The van der Waals surface area contributed by atoms with Gasteiger partial charge in [-0.3, -0.25) is 0 Å². The molecule has 0 atom stereocenters. The van der Waals surface area contributed by atoms with Gasteiger partial charge in [0.1, 0.15) is 0 Å². The molecule has 152 valence electrons. The van der Waals surface area contributed by atoms with Crippen LogP contribution in [-0.4, -0.2) is 0 Å². The van der Waals surface area contributed by atoms with Crippen molar-refractivity contribution in [1.29, 1.82) is 0 Å². The molecule has 0 saturated carbocycles. The third kappa shape index (κ3) is 18.3. The Balaban J connectivity index is 0.000000563. The lowest BCUT2D eigenvalue weighted by Gasteiger charge is -2.17. The van der Waals surface area contributed by atoms with Crippen molar-refractivity contribution in [3.63, 3.8) is 0 Å². The second-order valence-corrected chi connectivity index (χ2v) is 6.83. The van der Waals surface area contributed by atoms with Gasteiger partial charge in [0.15, 0.2) is 25.5 Å². The molecule has 0 aliphatic carbocycles. The highest BCUT2D eigenvalue weighted by molar-refractivity contribution is 6.28. The second-order valence-electron chi connectivity index (χ2n) is 4.54. The van der Waals surface area contributed by atoms with Crippen LogP contribution in [0.5, 0.6) is 0 Å². The molecule has 0 bridgehead atoms. The molecule has 0 saturated heterocycles. The second kappa shape index (κ2) is 12.6. The van der Waals surface area contributed by atoms with Gasteiger partial charge in [-0.2, -0.15) is 9.13 Å². The van der Waals surface area contributed by atoms with E-state index >= 15 is 0 Å². The van der Waals surface area contributed by atoms with Crippen molar-refractivity contribution in [2.24, 2.45) is 0 Å². The Morgan fingerprint density at radius 3 is 1.19 bits per heavy atom. The van der Waals surface area contributed by atoms with Crippen molar-refractivity contribution in [3.05, 3.63) is 59.1 Å². The first kappa shape index (κ1) is 26.1. The van der Waals surface area contributed by atoms with Gasteiger partial charge in [-0.1, -0.05) is 0 Å². The van der Waals surface area contributed by atoms with Crippen LogP contribution in [0.3, 0.4) is 0 Å². The number of hydrogen-bond acceptors (Lipinski definition) is 8. The number of aromatic nitrogens is 2. The number of halogens is 4. The summed E-state index contributed by atoms with van der Waals surface area (Å²) in [5.74, 6) is 0. The van der Waals surface area contributed by atoms with Crippen molar-refractivity contribution < 1.29 is 66.9 Å². The monoisotopic (exact) mass is 466 g/mol. The van der Waals surface area contributed by atoms with Gasteiger partial charge in [-0.25, -0.2) is 37.3 Å². The van der Waals surface area contributed by atoms with Gasteiger partial charge in [0.2, 0.25) is 0 Å². The van der Waals surface area contributed by atoms with Gasteiger partial charge in [-0.05, 0) is 35.3 Å². The molecule has 2 aromatic heterocycles. The third-order valence-electron chi connectivity index (χ3n) is 2.57. The van der Waals surface area contributed by atoms with Gasteiger partial charge < -0.3 is 0 Å². The molecular weight excluding hydrogens is 454 g/mol. The van der Waals surface area contributed by atoms with Crippen LogP contribution in [0.15, 0.2) is 48.8 Å². The fourth-order valence-electron chi connectivity index (χ4n) is 1.69. The lowest BCUT2D eigenvalue weighted by Crippen LogP contribution is -2.68. The third-order valence-corrected chi connectivity index (χ3v) is 3.25. The van der Waals surface area contributed by atoms with Crippen LogP contribution in [0.4, 0.5) is 0 Å². The number of hydrogen-bond donors (Lipinski definition) is 0. The predicted octanol–water partition coefficient (Wildman–Crippen LogP) is -6.85. The van der Waals surface area contributed by atoms with Crippen LogP contribution in [0.1, 0.15) is 6.42 Å². The van der Waals surface area contributed by atoms with Gasteiger partial charge in [0.05, 0.1) is 6.42 Å². The maximum Gasteiger partial charge on any atom is 0.274 e. The normalized spacial score (nSPS) is 11.0.